The zero-order chi connectivity index (χ0) is 30.7. The summed E-state index contributed by atoms with van der Waals surface area (Å²) in [6.07, 6.45) is -0.794. The highest BCUT2D eigenvalue weighted by Gasteiger charge is 2.40. The summed E-state index contributed by atoms with van der Waals surface area (Å²) < 4.78 is 10.5. The quantitative estimate of drug-likeness (QED) is 0.490. The summed E-state index contributed by atoms with van der Waals surface area (Å²) in [6, 6.07) is 0. The third kappa shape index (κ3) is 13.3. The number of nitrogens with one attached hydrogen (secondary N) is 1. The first-order valence-electron chi connectivity index (χ1n) is 13.0. The molecule has 2 rings (SSSR count). The lowest BCUT2D eigenvalue weighted by atomic mass is 9.97. The predicted octanol–water partition coefficient (Wildman–Crippen LogP) is 2.85. The number of carboxylic acids is 1. The van der Waals surface area contributed by atoms with Crippen LogP contribution in [0.4, 0.5) is 9.59 Å². The molecule has 0 aromatic heterocycles. The highest BCUT2D eigenvalue weighted by Crippen LogP contribution is 2.27. The van der Waals surface area contributed by atoms with Crippen LogP contribution in [0.15, 0.2) is 0 Å². The topological polar surface area (TPSA) is 147 Å². The van der Waals surface area contributed by atoms with Gasteiger partial charge in [0.25, 0.3) is 5.91 Å². The Morgan fingerprint density at radius 3 is 1.44 bits per heavy atom. The summed E-state index contributed by atoms with van der Waals surface area (Å²) in [5.74, 6) is -1.60. The lowest BCUT2D eigenvalue weighted by Gasteiger charge is -2.24. The monoisotopic (exact) mass is 562 g/mol. The Kier molecular flexibility index (Phi) is 14.8. The van der Waals surface area contributed by atoms with Crippen LogP contribution < -0.4 is 5.48 Å². The maximum absolute atomic E-state index is 12.1. The molecule has 0 saturated carbocycles. The smallest absolute Gasteiger partial charge is 0.410 e. The molecule has 2 aliphatic rings. The second kappa shape index (κ2) is 15.8. The molecule has 2 N–H and O–H groups in total. The number of hydrogen-bond donors (Lipinski definition) is 2. The van der Waals surface area contributed by atoms with Crippen LogP contribution in [0.1, 0.15) is 55.4 Å². The Labute approximate surface area is 232 Å². The number of likely N-dealkylation sites (tertiary alicyclic amines) is 2. The van der Waals surface area contributed by atoms with Crippen LogP contribution in [-0.4, -0.2) is 110 Å². The second-order valence-corrected chi connectivity index (χ2v) is 11.7. The van der Waals surface area contributed by atoms with E-state index in [-0.39, 0.29) is 36.3 Å². The highest BCUT2D eigenvalue weighted by atomic mass is 16.7. The number of hydroxylamine groups is 3. The van der Waals surface area contributed by atoms with Gasteiger partial charge in [-0.05, 0) is 53.4 Å². The Morgan fingerprint density at radius 1 is 0.795 bits per heavy atom. The average molecular weight is 563 g/mol. The highest BCUT2D eigenvalue weighted by molar-refractivity contribution is 5.80. The SMILES string of the molecule is CNOC.CON(C)C(=O)[C@@H]1CN(C(=O)OC(C)(C)C)C[C@H]1C.C[C@@H]1CN(C(=O)OC(C)(C)C)C[C@H]1C(=O)O. The van der Waals surface area contributed by atoms with Crippen molar-refractivity contribution in [2.75, 3.05) is 54.5 Å². The molecule has 0 aromatic rings. The van der Waals surface area contributed by atoms with Gasteiger partial charge in [-0.2, -0.15) is 0 Å². The zero-order valence-electron chi connectivity index (χ0n) is 25.7. The number of carbonyl (C=O) groups is 4. The van der Waals surface area contributed by atoms with Crippen molar-refractivity contribution in [3.8, 4) is 0 Å². The average Bonchev–Trinajstić information content (AvgIpc) is 3.39. The van der Waals surface area contributed by atoms with Gasteiger partial charge >= 0.3 is 18.2 Å². The van der Waals surface area contributed by atoms with Crippen molar-refractivity contribution in [1.82, 2.24) is 20.3 Å². The van der Waals surface area contributed by atoms with Crippen molar-refractivity contribution >= 4 is 24.1 Å². The normalized spacial score (nSPS) is 22.7. The van der Waals surface area contributed by atoms with E-state index in [1.54, 1.807) is 46.9 Å². The fourth-order valence-electron chi connectivity index (χ4n) is 3.85. The van der Waals surface area contributed by atoms with Crippen molar-refractivity contribution in [3.63, 3.8) is 0 Å². The van der Waals surface area contributed by atoms with Crippen LogP contribution in [0.5, 0.6) is 0 Å². The first-order valence-corrected chi connectivity index (χ1v) is 13.0. The van der Waals surface area contributed by atoms with Gasteiger partial charge in [0.2, 0.25) is 0 Å². The molecule has 2 aliphatic heterocycles. The van der Waals surface area contributed by atoms with Crippen molar-refractivity contribution < 1.29 is 43.4 Å². The number of ether oxygens (including phenoxy) is 2. The van der Waals surface area contributed by atoms with Gasteiger partial charge in [-0.1, -0.05) is 13.8 Å². The van der Waals surface area contributed by atoms with Crippen molar-refractivity contribution in [1.29, 1.82) is 0 Å². The summed E-state index contributed by atoms with van der Waals surface area (Å²) >= 11 is 0. The third-order valence-corrected chi connectivity index (χ3v) is 5.95. The molecule has 228 valence electrons. The van der Waals surface area contributed by atoms with Gasteiger partial charge in [-0.25, -0.2) is 20.1 Å². The van der Waals surface area contributed by atoms with E-state index in [0.29, 0.717) is 19.6 Å². The van der Waals surface area contributed by atoms with E-state index < -0.39 is 29.2 Å². The van der Waals surface area contributed by atoms with Gasteiger partial charge in [-0.15, -0.1) is 0 Å². The lowest BCUT2D eigenvalue weighted by molar-refractivity contribution is -0.174. The summed E-state index contributed by atoms with van der Waals surface area (Å²) in [5, 5.41) is 10.1. The second-order valence-electron chi connectivity index (χ2n) is 11.7. The molecule has 13 heteroatoms. The molecule has 2 saturated heterocycles. The molecule has 0 aliphatic carbocycles. The molecule has 39 heavy (non-hydrogen) atoms. The molecule has 0 aromatic carbocycles. The van der Waals surface area contributed by atoms with Gasteiger partial charge in [0.1, 0.15) is 11.2 Å². The first kappa shape index (κ1) is 36.4. The summed E-state index contributed by atoms with van der Waals surface area (Å²) in [7, 11) is 6.30. The van der Waals surface area contributed by atoms with E-state index >= 15 is 0 Å². The van der Waals surface area contributed by atoms with Gasteiger partial charge in [0.05, 0.1) is 26.1 Å². The minimum Gasteiger partial charge on any atom is -0.481 e. The van der Waals surface area contributed by atoms with E-state index in [2.05, 4.69) is 10.3 Å². The molecule has 0 bridgehead atoms. The van der Waals surface area contributed by atoms with Crippen LogP contribution >= 0.6 is 0 Å². The van der Waals surface area contributed by atoms with Gasteiger partial charge < -0.3 is 29.2 Å². The summed E-state index contributed by atoms with van der Waals surface area (Å²) in [6.45, 7) is 16.2. The fraction of sp³-hybridized carbons (Fsp3) is 0.846. The van der Waals surface area contributed by atoms with Gasteiger partial charge in [-0.3, -0.25) is 14.4 Å². The van der Waals surface area contributed by atoms with Gasteiger partial charge in [0.15, 0.2) is 0 Å². The predicted molar refractivity (Wildman–Crippen MR) is 144 cm³/mol. The first-order chi connectivity index (χ1) is 17.8. The van der Waals surface area contributed by atoms with Crippen LogP contribution in [0, 0.1) is 23.7 Å². The molecular weight excluding hydrogens is 512 g/mol. The molecular formula is C26H50N4O9. The number of nitrogens with zero attached hydrogens (tertiary/aromatic N) is 3. The van der Waals surface area contributed by atoms with E-state index in [0.717, 1.165) is 0 Å². The third-order valence-electron chi connectivity index (χ3n) is 5.95. The Hall–Kier alpha value is -2.64. The van der Waals surface area contributed by atoms with Gasteiger partial charge in [0, 0.05) is 40.3 Å². The molecule has 0 unspecified atom stereocenters. The number of hydrogen-bond acceptors (Lipinski definition) is 9. The van der Waals surface area contributed by atoms with E-state index in [1.165, 1.54) is 17.1 Å². The van der Waals surface area contributed by atoms with Crippen LogP contribution in [0.3, 0.4) is 0 Å². The van der Waals surface area contributed by atoms with E-state index in [9.17, 15) is 19.2 Å². The molecule has 3 amide bonds. The minimum absolute atomic E-state index is 0.0231. The lowest BCUT2D eigenvalue weighted by Crippen LogP contribution is -2.38. The van der Waals surface area contributed by atoms with Crippen molar-refractivity contribution in [2.45, 2.75) is 66.6 Å². The number of carboxylic acid groups (broad SMARTS) is 1. The standard InChI is InChI=1S/C13H24N2O4.C11H19NO4.C2H7NO/c1-9-7-15(12(17)19-13(2,3)4)8-10(9)11(16)14(5)18-6;1-7-5-12(6-8(7)9(13)14)10(15)16-11(2,3)4;1-3-4-2/h9-10H,7-8H2,1-6H3;7-8H,5-6H2,1-4H3,(H,13,14);3H,1-2H3/t9-,10-;7-,8-;/m11./s1. The Morgan fingerprint density at radius 2 is 1.15 bits per heavy atom. The largest absolute Gasteiger partial charge is 0.481 e. The maximum atomic E-state index is 12.1. The van der Waals surface area contributed by atoms with Crippen molar-refractivity contribution in [3.05, 3.63) is 0 Å². The Balaban J connectivity index is 0.000000658. The molecule has 4 atom stereocenters. The molecule has 2 fully saturated rings. The van der Waals surface area contributed by atoms with E-state index in [1.807, 2.05) is 34.6 Å². The number of rotatable bonds is 4. The summed E-state index contributed by atoms with van der Waals surface area (Å²) in [5.41, 5.74) is 1.37. The molecule has 13 nitrogen and oxygen atoms in total. The number of carbonyl (C=O) groups excluding carboxylic acids is 3. The molecule has 0 spiro atoms. The van der Waals surface area contributed by atoms with Crippen LogP contribution in [0.2, 0.25) is 0 Å². The number of amides is 3. The Bertz CT molecular complexity index is 808. The fourth-order valence-corrected chi connectivity index (χ4v) is 3.85. The number of aliphatic carboxylic acids is 1. The summed E-state index contributed by atoms with van der Waals surface area (Å²) in [4.78, 5) is 58.8. The zero-order valence-corrected chi connectivity index (χ0v) is 25.7. The van der Waals surface area contributed by atoms with Crippen LogP contribution in [-0.2, 0) is 28.7 Å². The minimum atomic E-state index is -0.849. The van der Waals surface area contributed by atoms with E-state index in [4.69, 9.17) is 19.4 Å². The van der Waals surface area contributed by atoms with Crippen LogP contribution in [0.25, 0.3) is 0 Å². The molecule has 2 heterocycles. The van der Waals surface area contributed by atoms with Crippen molar-refractivity contribution in [2.24, 2.45) is 23.7 Å². The maximum Gasteiger partial charge on any atom is 0.410 e. The molecule has 0 radical (unpaired) electrons.